The molecule has 4 rings (SSSR count). The zero-order valence-electron chi connectivity index (χ0n) is 14.3. The third-order valence-electron chi connectivity index (χ3n) is 4.72. The summed E-state index contributed by atoms with van der Waals surface area (Å²) in [4.78, 5) is 47.3. The Morgan fingerprint density at radius 3 is 3.04 bits per heavy atom. The van der Waals surface area contributed by atoms with Gasteiger partial charge in [0.1, 0.15) is 6.04 Å². The Bertz CT molecular complexity index is 896. The fourth-order valence-electron chi connectivity index (χ4n) is 3.30. The minimum absolute atomic E-state index is 0.0463. The first kappa shape index (κ1) is 16.9. The largest absolute Gasteiger partial charge is 0.345 e. The number of thioether (sulfide) groups is 1. The third-order valence-corrected chi connectivity index (χ3v) is 5.58. The Labute approximate surface area is 154 Å². The lowest BCUT2D eigenvalue weighted by Gasteiger charge is -2.42. The topological polar surface area (TPSA) is 98.4 Å². The van der Waals surface area contributed by atoms with Gasteiger partial charge in [-0.05, 0) is 24.6 Å². The molecule has 0 radical (unpaired) electrons. The minimum atomic E-state index is -0.576. The molecule has 8 nitrogen and oxygen atoms in total. The summed E-state index contributed by atoms with van der Waals surface area (Å²) in [7, 11) is 0. The van der Waals surface area contributed by atoms with Gasteiger partial charge in [0.05, 0.1) is 29.9 Å². The number of imidazole rings is 1. The molecular weight excluding hydrogens is 354 g/mol. The van der Waals surface area contributed by atoms with E-state index in [1.807, 2.05) is 25.1 Å². The van der Waals surface area contributed by atoms with Gasteiger partial charge in [0.2, 0.25) is 17.7 Å². The van der Waals surface area contributed by atoms with Crippen molar-refractivity contribution in [2.24, 2.45) is 0 Å². The Morgan fingerprint density at radius 2 is 2.19 bits per heavy atom. The maximum Gasteiger partial charge on any atom is 0.245 e. The van der Waals surface area contributed by atoms with Crippen molar-refractivity contribution in [1.82, 2.24) is 25.1 Å². The Morgan fingerprint density at radius 1 is 1.35 bits per heavy atom. The Balaban J connectivity index is 1.38. The Hall–Kier alpha value is -2.55. The van der Waals surface area contributed by atoms with E-state index in [9.17, 15) is 14.4 Å². The smallest absolute Gasteiger partial charge is 0.245 e. The van der Waals surface area contributed by atoms with E-state index >= 15 is 0 Å². The van der Waals surface area contributed by atoms with Crippen LogP contribution in [0.2, 0.25) is 0 Å². The summed E-state index contributed by atoms with van der Waals surface area (Å²) in [6.07, 6.45) is 0. The summed E-state index contributed by atoms with van der Waals surface area (Å²) in [5.41, 5.74) is 2.97. The fourth-order valence-corrected chi connectivity index (χ4v) is 4.09. The normalized spacial score (nSPS) is 20.3. The number of amides is 3. The SMILES string of the molecule is Cc1ccc2nc(SCC(=O)N3CCN4C(=O)CNC(=O)C4C3)[nH]c2c1. The molecule has 136 valence electrons. The summed E-state index contributed by atoms with van der Waals surface area (Å²) in [5, 5.41) is 3.28. The van der Waals surface area contributed by atoms with Crippen molar-refractivity contribution in [3.05, 3.63) is 23.8 Å². The number of benzene rings is 1. The van der Waals surface area contributed by atoms with Crippen molar-refractivity contribution in [3.8, 4) is 0 Å². The van der Waals surface area contributed by atoms with Gasteiger partial charge in [-0.1, -0.05) is 17.8 Å². The number of aromatic amines is 1. The first-order chi connectivity index (χ1) is 12.5. The average Bonchev–Trinajstić information content (AvgIpc) is 3.04. The van der Waals surface area contributed by atoms with E-state index < -0.39 is 6.04 Å². The molecule has 0 spiro atoms. The van der Waals surface area contributed by atoms with E-state index in [1.54, 1.807) is 9.80 Å². The van der Waals surface area contributed by atoms with Crippen molar-refractivity contribution in [3.63, 3.8) is 0 Å². The second-order valence-corrected chi connectivity index (χ2v) is 7.48. The molecule has 1 aromatic heterocycles. The van der Waals surface area contributed by atoms with Crippen LogP contribution in [0, 0.1) is 6.92 Å². The average molecular weight is 373 g/mol. The first-order valence-electron chi connectivity index (χ1n) is 8.45. The number of aromatic nitrogens is 2. The number of rotatable bonds is 3. The van der Waals surface area contributed by atoms with Crippen LogP contribution in [0.15, 0.2) is 23.4 Å². The number of hydrogen-bond acceptors (Lipinski definition) is 5. The van der Waals surface area contributed by atoms with E-state index in [1.165, 1.54) is 11.8 Å². The molecule has 2 aliphatic heterocycles. The van der Waals surface area contributed by atoms with Crippen LogP contribution in [-0.4, -0.2) is 75.5 Å². The highest BCUT2D eigenvalue weighted by molar-refractivity contribution is 7.99. The van der Waals surface area contributed by atoms with Gasteiger partial charge in [-0.25, -0.2) is 4.98 Å². The first-order valence-corrected chi connectivity index (χ1v) is 9.44. The van der Waals surface area contributed by atoms with Gasteiger partial charge in [0.15, 0.2) is 5.16 Å². The van der Waals surface area contributed by atoms with Crippen molar-refractivity contribution < 1.29 is 14.4 Å². The molecule has 0 aliphatic carbocycles. The number of aryl methyl sites for hydroxylation is 1. The van der Waals surface area contributed by atoms with Gasteiger partial charge in [-0.2, -0.15) is 0 Å². The quantitative estimate of drug-likeness (QED) is 0.746. The molecule has 2 fully saturated rings. The predicted octanol–water partition coefficient (Wildman–Crippen LogP) is 0.133. The maximum atomic E-state index is 12.5. The van der Waals surface area contributed by atoms with Crippen molar-refractivity contribution in [2.75, 3.05) is 31.9 Å². The van der Waals surface area contributed by atoms with Crippen LogP contribution >= 0.6 is 11.8 Å². The molecule has 0 saturated carbocycles. The van der Waals surface area contributed by atoms with Crippen molar-refractivity contribution >= 4 is 40.5 Å². The highest BCUT2D eigenvalue weighted by Crippen LogP contribution is 2.21. The van der Waals surface area contributed by atoms with Gasteiger partial charge in [0, 0.05) is 13.1 Å². The number of piperazine rings is 2. The van der Waals surface area contributed by atoms with Crippen LogP contribution < -0.4 is 5.32 Å². The molecule has 2 N–H and O–H groups in total. The molecule has 2 saturated heterocycles. The van der Waals surface area contributed by atoms with E-state index in [2.05, 4.69) is 15.3 Å². The molecule has 2 aliphatic rings. The lowest BCUT2D eigenvalue weighted by Crippen LogP contribution is -2.66. The molecule has 1 aromatic carbocycles. The summed E-state index contributed by atoms with van der Waals surface area (Å²) in [6.45, 7) is 3.16. The lowest BCUT2D eigenvalue weighted by molar-refractivity contribution is -0.151. The zero-order chi connectivity index (χ0) is 18.3. The van der Waals surface area contributed by atoms with Crippen molar-refractivity contribution in [1.29, 1.82) is 0 Å². The number of nitrogens with one attached hydrogen (secondary N) is 2. The number of carbonyl (C=O) groups excluding carboxylic acids is 3. The van der Waals surface area contributed by atoms with Crippen LogP contribution in [0.25, 0.3) is 11.0 Å². The number of fused-ring (bicyclic) bond motifs is 2. The molecule has 26 heavy (non-hydrogen) atoms. The highest BCUT2D eigenvalue weighted by atomic mass is 32.2. The minimum Gasteiger partial charge on any atom is -0.345 e. The molecule has 1 unspecified atom stereocenters. The fraction of sp³-hybridized carbons (Fsp3) is 0.412. The number of nitrogens with zero attached hydrogens (tertiary/aromatic N) is 3. The van der Waals surface area contributed by atoms with Crippen LogP contribution in [0.3, 0.4) is 0 Å². The second-order valence-electron chi connectivity index (χ2n) is 6.51. The van der Waals surface area contributed by atoms with Gasteiger partial charge < -0.3 is 20.1 Å². The molecule has 0 bridgehead atoms. The Kier molecular flexibility index (Phi) is 4.31. The van der Waals surface area contributed by atoms with Crippen LogP contribution in [0.1, 0.15) is 5.56 Å². The number of carbonyl (C=O) groups is 3. The molecule has 3 heterocycles. The van der Waals surface area contributed by atoms with Crippen LogP contribution in [-0.2, 0) is 14.4 Å². The van der Waals surface area contributed by atoms with Gasteiger partial charge >= 0.3 is 0 Å². The third kappa shape index (κ3) is 3.14. The summed E-state index contributed by atoms with van der Waals surface area (Å²) >= 11 is 1.35. The molecule has 1 atom stereocenters. The summed E-state index contributed by atoms with van der Waals surface area (Å²) < 4.78 is 0. The standard InChI is InChI=1S/C17H19N5O3S/c1-10-2-3-11-12(6-10)20-17(19-11)26-9-15(24)21-4-5-22-13(8-21)16(25)18-7-14(22)23/h2-3,6,13H,4-5,7-9H2,1H3,(H,18,25)(H,19,20). The highest BCUT2D eigenvalue weighted by Gasteiger charge is 2.39. The van der Waals surface area contributed by atoms with Crippen LogP contribution in [0.5, 0.6) is 0 Å². The number of hydrogen-bond donors (Lipinski definition) is 2. The molecule has 9 heteroatoms. The zero-order valence-corrected chi connectivity index (χ0v) is 15.1. The van der Waals surface area contributed by atoms with E-state index in [0.29, 0.717) is 18.2 Å². The van der Waals surface area contributed by atoms with Crippen molar-refractivity contribution in [2.45, 2.75) is 18.1 Å². The lowest BCUT2D eigenvalue weighted by atomic mass is 10.1. The van der Waals surface area contributed by atoms with E-state index in [-0.39, 0.29) is 36.6 Å². The molecule has 3 amide bonds. The van der Waals surface area contributed by atoms with E-state index in [4.69, 9.17) is 0 Å². The van der Waals surface area contributed by atoms with Gasteiger partial charge in [0.25, 0.3) is 0 Å². The monoisotopic (exact) mass is 373 g/mol. The number of H-pyrrole nitrogens is 1. The van der Waals surface area contributed by atoms with Crippen LogP contribution in [0.4, 0.5) is 0 Å². The molecule has 2 aromatic rings. The molecular formula is C17H19N5O3S. The van der Waals surface area contributed by atoms with E-state index in [0.717, 1.165) is 16.6 Å². The maximum absolute atomic E-state index is 12.5. The predicted molar refractivity (Wildman–Crippen MR) is 96.6 cm³/mol. The van der Waals surface area contributed by atoms with Gasteiger partial charge in [-0.15, -0.1) is 0 Å². The van der Waals surface area contributed by atoms with Gasteiger partial charge in [-0.3, -0.25) is 14.4 Å². The second kappa shape index (κ2) is 6.64. The summed E-state index contributed by atoms with van der Waals surface area (Å²) in [6, 6.07) is 5.39. The summed E-state index contributed by atoms with van der Waals surface area (Å²) in [5.74, 6) is -0.102.